The lowest BCUT2D eigenvalue weighted by molar-refractivity contribution is -0.138. The molecule has 13 heavy (non-hydrogen) atoms. The van der Waals surface area contributed by atoms with E-state index in [1.54, 1.807) is 0 Å². The van der Waals surface area contributed by atoms with Crippen molar-refractivity contribution in [1.29, 1.82) is 0 Å². The highest BCUT2D eigenvalue weighted by Crippen LogP contribution is 2.31. The normalized spacial score (nSPS) is 27.8. The predicted octanol–water partition coefficient (Wildman–Crippen LogP) is -0.227. The van der Waals surface area contributed by atoms with Crippen molar-refractivity contribution in [2.75, 3.05) is 19.7 Å². The molecule has 0 aromatic rings. The molecular weight excluding hydrogens is 184 g/mol. The summed E-state index contributed by atoms with van der Waals surface area (Å²) in [7, 11) is 0. The molecule has 0 spiro atoms. The van der Waals surface area contributed by atoms with E-state index in [0.717, 1.165) is 4.90 Å². The van der Waals surface area contributed by atoms with E-state index in [9.17, 15) is 13.6 Å². The Morgan fingerprint density at radius 3 is 2.69 bits per heavy atom. The quantitative estimate of drug-likeness (QED) is 0.653. The fourth-order valence-corrected chi connectivity index (χ4v) is 1.50. The first kappa shape index (κ1) is 10.3. The van der Waals surface area contributed by atoms with Crippen LogP contribution in [-0.2, 0) is 4.79 Å². The number of carboxylic acid groups (broad SMARTS) is 1. The van der Waals surface area contributed by atoms with Gasteiger partial charge in [0.05, 0.1) is 19.7 Å². The molecule has 4 nitrogen and oxygen atoms in total. The first-order valence-corrected chi connectivity index (χ1v) is 3.89. The SMILES string of the molecule is O=C(O)CN1CC(F)(F)C[C@@H]1CO. The first-order valence-electron chi connectivity index (χ1n) is 3.89. The molecule has 1 aliphatic heterocycles. The highest BCUT2D eigenvalue weighted by molar-refractivity contribution is 5.69. The topological polar surface area (TPSA) is 60.8 Å². The third-order valence-corrected chi connectivity index (χ3v) is 2.03. The van der Waals surface area contributed by atoms with Crippen LogP contribution in [0, 0.1) is 0 Å². The van der Waals surface area contributed by atoms with Crippen LogP contribution in [0.15, 0.2) is 0 Å². The molecule has 0 aliphatic carbocycles. The molecule has 6 heteroatoms. The van der Waals surface area contributed by atoms with E-state index in [-0.39, 0.29) is 0 Å². The van der Waals surface area contributed by atoms with Gasteiger partial charge in [-0.2, -0.15) is 0 Å². The van der Waals surface area contributed by atoms with Crippen LogP contribution in [0.4, 0.5) is 8.78 Å². The van der Waals surface area contributed by atoms with Crippen LogP contribution >= 0.6 is 0 Å². The second-order valence-electron chi connectivity index (χ2n) is 3.20. The maximum atomic E-state index is 12.7. The van der Waals surface area contributed by atoms with Crippen molar-refractivity contribution in [2.24, 2.45) is 0 Å². The van der Waals surface area contributed by atoms with Gasteiger partial charge in [-0.1, -0.05) is 0 Å². The van der Waals surface area contributed by atoms with Gasteiger partial charge in [-0.05, 0) is 0 Å². The van der Waals surface area contributed by atoms with E-state index >= 15 is 0 Å². The molecule has 0 aromatic heterocycles. The van der Waals surface area contributed by atoms with Crippen LogP contribution in [0.5, 0.6) is 0 Å². The average molecular weight is 195 g/mol. The second kappa shape index (κ2) is 3.55. The number of likely N-dealkylation sites (tertiary alicyclic amines) is 1. The van der Waals surface area contributed by atoms with Gasteiger partial charge in [0.25, 0.3) is 5.92 Å². The van der Waals surface area contributed by atoms with Crippen molar-refractivity contribution < 1.29 is 23.8 Å². The first-order chi connectivity index (χ1) is 5.94. The molecule has 0 unspecified atom stereocenters. The van der Waals surface area contributed by atoms with Gasteiger partial charge in [-0.25, -0.2) is 8.78 Å². The number of hydrogen-bond acceptors (Lipinski definition) is 3. The van der Waals surface area contributed by atoms with Crippen molar-refractivity contribution in [1.82, 2.24) is 4.90 Å². The lowest BCUT2D eigenvalue weighted by Crippen LogP contribution is -2.36. The molecule has 1 atom stereocenters. The van der Waals surface area contributed by atoms with Gasteiger partial charge < -0.3 is 10.2 Å². The smallest absolute Gasteiger partial charge is 0.317 e. The Morgan fingerprint density at radius 1 is 1.62 bits per heavy atom. The van der Waals surface area contributed by atoms with Crippen molar-refractivity contribution in [3.63, 3.8) is 0 Å². The number of rotatable bonds is 3. The van der Waals surface area contributed by atoms with Gasteiger partial charge in [0.1, 0.15) is 0 Å². The van der Waals surface area contributed by atoms with Gasteiger partial charge >= 0.3 is 5.97 Å². The average Bonchev–Trinajstić information content (AvgIpc) is 2.24. The number of hydrogen-bond donors (Lipinski definition) is 2. The largest absolute Gasteiger partial charge is 0.480 e. The number of aliphatic carboxylic acids is 1. The van der Waals surface area contributed by atoms with Crippen LogP contribution in [0.2, 0.25) is 0 Å². The third-order valence-electron chi connectivity index (χ3n) is 2.03. The Balaban J connectivity index is 2.58. The summed E-state index contributed by atoms with van der Waals surface area (Å²) in [5.74, 6) is -4.03. The summed E-state index contributed by atoms with van der Waals surface area (Å²) in [5.41, 5.74) is 0. The Labute approximate surface area is 73.8 Å². The summed E-state index contributed by atoms with van der Waals surface area (Å²) in [5, 5.41) is 17.1. The number of halogens is 2. The summed E-state index contributed by atoms with van der Waals surface area (Å²) in [4.78, 5) is 11.3. The molecule has 2 N–H and O–H groups in total. The molecule has 0 saturated carbocycles. The number of alkyl halides is 2. The lowest BCUT2D eigenvalue weighted by atomic mass is 10.2. The summed E-state index contributed by atoms with van der Waals surface area (Å²) in [6, 6.07) is -0.730. The van der Waals surface area contributed by atoms with Gasteiger partial charge in [-0.15, -0.1) is 0 Å². The van der Waals surface area contributed by atoms with Gasteiger partial charge in [0, 0.05) is 12.5 Å². The van der Waals surface area contributed by atoms with Crippen LogP contribution in [0.3, 0.4) is 0 Å². The molecule has 1 fully saturated rings. The van der Waals surface area contributed by atoms with E-state index in [4.69, 9.17) is 10.2 Å². The minimum atomic E-state index is -2.87. The minimum Gasteiger partial charge on any atom is -0.480 e. The summed E-state index contributed by atoms with van der Waals surface area (Å²) >= 11 is 0. The van der Waals surface area contributed by atoms with E-state index < -0.39 is 44.1 Å². The third kappa shape index (κ3) is 2.60. The number of carbonyl (C=O) groups is 1. The summed E-state index contributed by atoms with van der Waals surface area (Å²) in [6.45, 7) is -1.45. The molecule has 0 bridgehead atoms. The van der Waals surface area contributed by atoms with E-state index in [0.29, 0.717) is 0 Å². The van der Waals surface area contributed by atoms with E-state index in [1.807, 2.05) is 0 Å². The number of aliphatic hydroxyl groups excluding tert-OH is 1. The van der Waals surface area contributed by atoms with Crippen LogP contribution in [0.1, 0.15) is 6.42 Å². The minimum absolute atomic E-state index is 0.428. The molecular formula is C7H11F2NO3. The van der Waals surface area contributed by atoms with Gasteiger partial charge in [0.15, 0.2) is 0 Å². The molecule has 1 saturated heterocycles. The zero-order chi connectivity index (χ0) is 10.1. The molecule has 0 radical (unpaired) electrons. The van der Waals surface area contributed by atoms with Crippen LogP contribution in [-0.4, -0.2) is 52.7 Å². The van der Waals surface area contributed by atoms with Crippen molar-refractivity contribution >= 4 is 5.97 Å². The van der Waals surface area contributed by atoms with Gasteiger partial charge in [0.2, 0.25) is 0 Å². The standard InChI is InChI=1S/C7H11F2NO3/c8-7(9)1-5(3-11)10(4-7)2-6(12)13/h5,11H,1-4H2,(H,12,13)/t5-/m1/s1. The fourth-order valence-electron chi connectivity index (χ4n) is 1.50. The highest BCUT2D eigenvalue weighted by Gasteiger charge is 2.44. The fraction of sp³-hybridized carbons (Fsp3) is 0.857. The monoisotopic (exact) mass is 195 g/mol. The van der Waals surface area contributed by atoms with E-state index in [1.165, 1.54) is 0 Å². The Hall–Kier alpha value is -0.750. The maximum absolute atomic E-state index is 12.7. The predicted molar refractivity (Wildman–Crippen MR) is 39.6 cm³/mol. The van der Waals surface area contributed by atoms with Gasteiger partial charge in [-0.3, -0.25) is 9.69 Å². The second-order valence-corrected chi connectivity index (χ2v) is 3.20. The summed E-state index contributed by atoms with van der Waals surface area (Å²) in [6.07, 6.45) is -0.462. The van der Waals surface area contributed by atoms with Crippen LogP contribution in [0.25, 0.3) is 0 Å². The Bertz CT molecular complexity index is 210. The van der Waals surface area contributed by atoms with E-state index in [2.05, 4.69) is 0 Å². The Morgan fingerprint density at radius 2 is 2.23 bits per heavy atom. The van der Waals surface area contributed by atoms with Crippen molar-refractivity contribution in [2.45, 2.75) is 18.4 Å². The highest BCUT2D eigenvalue weighted by atomic mass is 19.3. The molecule has 0 amide bonds. The van der Waals surface area contributed by atoms with Crippen LogP contribution < -0.4 is 0 Å². The number of nitrogens with zero attached hydrogens (tertiary/aromatic N) is 1. The zero-order valence-electron chi connectivity index (χ0n) is 6.91. The molecule has 1 heterocycles. The maximum Gasteiger partial charge on any atom is 0.317 e. The molecule has 1 aliphatic rings. The number of carboxylic acids is 1. The van der Waals surface area contributed by atoms with Crippen molar-refractivity contribution in [3.8, 4) is 0 Å². The molecule has 1 rings (SSSR count). The van der Waals surface area contributed by atoms with Crippen molar-refractivity contribution in [3.05, 3.63) is 0 Å². The Kier molecular flexibility index (Phi) is 2.82. The lowest BCUT2D eigenvalue weighted by Gasteiger charge is -2.18. The molecule has 76 valence electrons. The summed E-state index contributed by atoms with van der Waals surface area (Å²) < 4.78 is 25.5. The number of aliphatic hydroxyl groups is 1. The molecule has 0 aromatic carbocycles. The zero-order valence-corrected chi connectivity index (χ0v) is 6.91.